The summed E-state index contributed by atoms with van der Waals surface area (Å²) in [5.74, 6) is 0.323. The Morgan fingerprint density at radius 2 is 1.03 bits per heavy atom. The Balaban J connectivity index is 1.53. The first-order valence-corrected chi connectivity index (χ1v) is 14.9. The van der Waals surface area contributed by atoms with Crippen molar-refractivity contribution < 1.29 is 5.11 Å². The molecular formula is C35H30OSi. The molecule has 0 aromatic heterocycles. The molecule has 0 fully saturated rings. The summed E-state index contributed by atoms with van der Waals surface area (Å²) in [5.41, 5.74) is 8.50. The van der Waals surface area contributed by atoms with Crippen molar-refractivity contribution in [1.29, 1.82) is 0 Å². The van der Waals surface area contributed by atoms with Gasteiger partial charge in [0.2, 0.25) is 0 Å². The zero-order valence-electron chi connectivity index (χ0n) is 21.2. The smallest absolute Gasteiger partial charge is 0.172 e. The molecule has 0 amide bonds. The number of hydrogen-bond donors (Lipinski definition) is 1. The number of hydrogen-bond acceptors (Lipinski definition) is 1. The Morgan fingerprint density at radius 3 is 1.54 bits per heavy atom. The normalized spacial score (nSPS) is 13.9. The van der Waals surface area contributed by atoms with Crippen LogP contribution in [0, 0.1) is 0 Å². The molecule has 0 saturated carbocycles. The van der Waals surface area contributed by atoms with Crippen molar-refractivity contribution in [3.8, 4) is 16.9 Å². The number of fused-ring (bicyclic) bond motifs is 3. The van der Waals surface area contributed by atoms with Gasteiger partial charge in [0.1, 0.15) is 5.75 Å². The van der Waals surface area contributed by atoms with Crippen LogP contribution in [0.1, 0.15) is 30.5 Å². The molecule has 6 rings (SSSR count). The molecule has 5 aromatic carbocycles. The zero-order chi connectivity index (χ0) is 25.5. The summed E-state index contributed by atoms with van der Waals surface area (Å²) in [6, 6.07) is 45.5. The van der Waals surface area contributed by atoms with Crippen LogP contribution >= 0.6 is 0 Å². The monoisotopic (exact) mass is 494 g/mol. The van der Waals surface area contributed by atoms with Gasteiger partial charge in [0.05, 0.1) is 0 Å². The minimum atomic E-state index is -2.45. The molecule has 0 saturated heterocycles. The summed E-state index contributed by atoms with van der Waals surface area (Å²) in [7, 11) is -2.45. The van der Waals surface area contributed by atoms with E-state index in [1.54, 1.807) is 6.07 Å². The van der Waals surface area contributed by atoms with Crippen LogP contribution in [-0.2, 0) is 5.41 Å². The highest BCUT2D eigenvalue weighted by Gasteiger charge is 2.38. The van der Waals surface area contributed by atoms with Gasteiger partial charge in [-0.25, -0.2) is 0 Å². The fourth-order valence-corrected chi connectivity index (χ4v) is 10.1. The lowest BCUT2D eigenvalue weighted by atomic mass is 9.82. The number of phenols is 1. The number of phenolic OH excluding ortho intramolecular Hbond substituents is 1. The average molecular weight is 495 g/mol. The summed E-state index contributed by atoms with van der Waals surface area (Å²) in [6.45, 7) is 4.50. The molecule has 1 N–H and O–H groups in total. The molecular weight excluding hydrogens is 464 g/mol. The predicted molar refractivity (Wildman–Crippen MR) is 159 cm³/mol. The molecule has 0 heterocycles. The highest BCUT2D eigenvalue weighted by molar-refractivity contribution is 7.15. The van der Waals surface area contributed by atoms with E-state index in [-0.39, 0.29) is 5.41 Å². The van der Waals surface area contributed by atoms with Crippen LogP contribution < -0.4 is 15.6 Å². The van der Waals surface area contributed by atoms with Crippen LogP contribution in [0.3, 0.4) is 0 Å². The second-order valence-corrected chi connectivity index (χ2v) is 14.1. The van der Waals surface area contributed by atoms with Crippen LogP contribution in [0.15, 0.2) is 133 Å². The largest absolute Gasteiger partial charge is 0.508 e. The van der Waals surface area contributed by atoms with E-state index in [1.165, 1.54) is 43.4 Å². The third-order valence-corrected chi connectivity index (χ3v) is 12.3. The van der Waals surface area contributed by atoms with Crippen LogP contribution in [-0.4, -0.2) is 13.2 Å². The summed E-state index contributed by atoms with van der Waals surface area (Å²) >= 11 is 0. The molecule has 0 atom stereocenters. The Labute approximate surface area is 220 Å². The van der Waals surface area contributed by atoms with Gasteiger partial charge in [0.15, 0.2) is 8.07 Å². The third-order valence-electron chi connectivity index (χ3n) is 7.90. The van der Waals surface area contributed by atoms with E-state index in [4.69, 9.17) is 0 Å². The molecule has 1 nitrogen and oxygen atoms in total. The lowest BCUT2D eigenvalue weighted by Crippen LogP contribution is -2.66. The first kappa shape index (κ1) is 23.3. The fourth-order valence-electron chi connectivity index (χ4n) is 5.96. The molecule has 37 heavy (non-hydrogen) atoms. The second-order valence-electron chi connectivity index (χ2n) is 10.4. The quantitative estimate of drug-likeness (QED) is 0.221. The minimum absolute atomic E-state index is 0.167. The van der Waals surface area contributed by atoms with Gasteiger partial charge in [-0.15, -0.1) is 0 Å². The van der Waals surface area contributed by atoms with Crippen molar-refractivity contribution in [2.75, 3.05) is 0 Å². The van der Waals surface area contributed by atoms with E-state index in [1.807, 2.05) is 12.1 Å². The third kappa shape index (κ3) is 3.85. The maximum Gasteiger partial charge on any atom is 0.172 e. The minimum Gasteiger partial charge on any atom is -0.508 e. The van der Waals surface area contributed by atoms with E-state index in [0.29, 0.717) is 5.75 Å². The lowest BCUT2D eigenvalue weighted by Gasteiger charge is -2.31. The molecule has 0 unspecified atom stereocenters. The molecule has 0 radical (unpaired) electrons. The number of aromatic hydroxyl groups is 1. The average Bonchev–Trinajstić information content (AvgIpc) is 3.16. The van der Waals surface area contributed by atoms with Crippen LogP contribution in [0.25, 0.3) is 17.2 Å². The van der Waals surface area contributed by atoms with E-state index < -0.39 is 8.07 Å². The predicted octanol–water partition coefficient (Wildman–Crippen LogP) is 6.42. The van der Waals surface area contributed by atoms with Gasteiger partial charge in [-0.1, -0.05) is 141 Å². The summed E-state index contributed by atoms with van der Waals surface area (Å²) in [4.78, 5) is 0. The molecule has 1 aliphatic rings. The van der Waals surface area contributed by atoms with E-state index in [0.717, 1.165) is 0 Å². The fraction of sp³-hybridized carbons (Fsp3) is 0.0857. The molecule has 1 aliphatic carbocycles. The topological polar surface area (TPSA) is 20.2 Å². The second kappa shape index (κ2) is 9.06. The van der Waals surface area contributed by atoms with Gasteiger partial charge in [-0.3, -0.25) is 0 Å². The Hall–Kier alpha value is -4.14. The molecule has 2 heteroatoms. The Kier molecular flexibility index (Phi) is 5.70. The van der Waals surface area contributed by atoms with E-state index in [9.17, 15) is 5.11 Å². The van der Waals surface area contributed by atoms with Crippen LogP contribution in [0.5, 0.6) is 5.75 Å². The van der Waals surface area contributed by atoms with E-state index >= 15 is 0 Å². The van der Waals surface area contributed by atoms with Gasteiger partial charge >= 0.3 is 0 Å². The molecule has 0 aliphatic heterocycles. The first-order chi connectivity index (χ1) is 18.0. The SMILES string of the molecule is CC1(C)c2cc(O)ccc2-c2ccc(/C=C/[Si](c3ccccc3)(c3ccccc3)c3ccccc3)cc21. The van der Waals surface area contributed by atoms with Crippen molar-refractivity contribution >= 4 is 29.7 Å². The summed E-state index contributed by atoms with van der Waals surface area (Å²) in [5, 5.41) is 14.3. The van der Waals surface area contributed by atoms with Crippen molar-refractivity contribution in [2.45, 2.75) is 19.3 Å². The molecule has 5 aromatic rings. The van der Waals surface area contributed by atoms with Crippen LogP contribution in [0.2, 0.25) is 0 Å². The highest BCUT2D eigenvalue weighted by atomic mass is 28.3. The molecule has 180 valence electrons. The Bertz CT molecular complexity index is 1490. The summed E-state index contributed by atoms with van der Waals surface area (Å²) in [6.07, 6.45) is 2.33. The van der Waals surface area contributed by atoms with Gasteiger partial charge in [0.25, 0.3) is 0 Å². The van der Waals surface area contributed by atoms with Crippen molar-refractivity contribution in [3.05, 3.63) is 150 Å². The van der Waals surface area contributed by atoms with Crippen molar-refractivity contribution in [1.82, 2.24) is 0 Å². The molecule has 0 bridgehead atoms. The zero-order valence-corrected chi connectivity index (χ0v) is 22.2. The first-order valence-electron chi connectivity index (χ1n) is 12.8. The Morgan fingerprint density at radius 1 is 0.568 bits per heavy atom. The van der Waals surface area contributed by atoms with Crippen molar-refractivity contribution in [2.24, 2.45) is 0 Å². The van der Waals surface area contributed by atoms with Crippen LogP contribution in [0.4, 0.5) is 0 Å². The van der Waals surface area contributed by atoms with Gasteiger partial charge in [-0.05, 0) is 55.5 Å². The maximum atomic E-state index is 10.2. The van der Waals surface area contributed by atoms with Gasteiger partial charge in [-0.2, -0.15) is 0 Å². The van der Waals surface area contributed by atoms with Crippen molar-refractivity contribution in [3.63, 3.8) is 0 Å². The number of rotatable bonds is 5. The standard InChI is InChI=1S/C35H30OSi/c1-35(2)33-24-26(18-20-31(33)32-21-19-27(36)25-34(32)35)22-23-37(28-12-6-3-7-13-28,29-14-8-4-9-15-29)30-16-10-5-11-17-30/h3-25,36H,1-2H3/b23-22+. The maximum absolute atomic E-state index is 10.2. The lowest BCUT2D eigenvalue weighted by molar-refractivity contribution is 0.473. The number of benzene rings is 5. The highest BCUT2D eigenvalue weighted by Crippen LogP contribution is 2.49. The van der Waals surface area contributed by atoms with E-state index in [2.05, 4.69) is 135 Å². The van der Waals surface area contributed by atoms with Gasteiger partial charge < -0.3 is 5.11 Å². The summed E-state index contributed by atoms with van der Waals surface area (Å²) < 4.78 is 0. The van der Waals surface area contributed by atoms with Gasteiger partial charge in [0, 0.05) is 5.41 Å². The molecule has 0 spiro atoms.